The molecule has 0 aromatic heterocycles. The van der Waals surface area contributed by atoms with E-state index < -0.39 is 6.04 Å². The summed E-state index contributed by atoms with van der Waals surface area (Å²) in [6, 6.07) is 14.9. The maximum absolute atomic E-state index is 12.5. The monoisotopic (exact) mass is 325 g/mol. The fourth-order valence-corrected chi connectivity index (χ4v) is 2.73. The standard InChI is InChI=1S/C17H12ClN3O2/c18-13-6-1-2-7-15(13)21-16(22)9-14(17(21)23)20-12-5-3-4-11(8-12)10-19/h1-8,14,20H,9H2/t14-/m0/s1. The van der Waals surface area contributed by atoms with Crippen molar-refractivity contribution in [3.8, 4) is 6.07 Å². The Morgan fingerprint density at radius 2 is 1.96 bits per heavy atom. The van der Waals surface area contributed by atoms with Gasteiger partial charge in [-0.15, -0.1) is 0 Å². The number of para-hydroxylation sites is 1. The van der Waals surface area contributed by atoms with Crippen LogP contribution in [0.25, 0.3) is 0 Å². The van der Waals surface area contributed by atoms with E-state index in [-0.39, 0.29) is 18.2 Å². The van der Waals surface area contributed by atoms with Crippen LogP contribution in [-0.4, -0.2) is 17.9 Å². The number of carbonyl (C=O) groups excluding carboxylic acids is 2. The van der Waals surface area contributed by atoms with Gasteiger partial charge in [-0.05, 0) is 30.3 Å². The molecule has 23 heavy (non-hydrogen) atoms. The molecule has 2 amide bonds. The van der Waals surface area contributed by atoms with Crippen molar-refractivity contribution in [2.75, 3.05) is 10.2 Å². The van der Waals surface area contributed by atoms with Gasteiger partial charge in [-0.1, -0.05) is 29.8 Å². The molecule has 0 spiro atoms. The van der Waals surface area contributed by atoms with Crippen LogP contribution in [0.1, 0.15) is 12.0 Å². The second kappa shape index (κ2) is 6.11. The largest absolute Gasteiger partial charge is 0.373 e. The molecule has 1 fully saturated rings. The Morgan fingerprint density at radius 1 is 1.17 bits per heavy atom. The summed E-state index contributed by atoms with van der Waals surface area (Å²) in [6.45, 7) is 0. The molecule has 0 aliphatic carbocycles. The molecular weight excluding hydrogens is 314 g/mol. The van der Waals surface area contributed by atoms with Crippen LogP contribution < -0.4 is 10.2 Å². The summed E-state index contributed by atoms with van der Waals surface area (Å²) in [5.41, 5.74) is 1.49. The fourth-order valence-electron chi connectivity index (χ4n) is 2.51. The van der Waals surface area contributed by atoms with Crippen molar-refractivity contribution in [3.63, 3.8) is 0 Å². The number of nitrogens with zero attached hydrogens (tertiary/aromatic N) is 2. The van der Waals surface area contributed by atoms with Crippen molar-refractivity contribution >= 4 is 34.8 Å². The second-order valence-electron chi connectivity index (χ2n) is 5.11. The van der Waals surface area contributed by atoms with Crippen LogP contribution in [0.3, 0.4) is 0 Å². The van der Waals surface area contributed by atoms with Crippen LogP contribution in [0.15, 0.2) is 48.5 Å². The number of anilines is 2. The highest BCUT2D eigenvalue weighted by molar-refractivity contribution is 6.36. The van der Waals surface area contributed by atoms with Gasteiger partial charge in [0.2, 0.25) is 5.91 Å². The highest BCUT2D eigenvalue weighted by Gasteiger charge is 2.40. The van der Waals surface area contributed by atoms with Crippen LogP contribution in [0, 0.1) is 11.3 Å². The third kappa shape index (κ3) is 2.89. The van der Waals surface area contributed by atoms with E-state index in [1.165, 1.54) is 0 Å². The molecule has 114 valence electrons. The lowest BCUT2D eigenvalue weighted by atomic mass is 10.2. The summed E-state index contributed by atoms with van der Waals surface area (Å²) in [6.07, 6.45) is 0.0425. The Morgan fingerprint density at radius 3 is 2.70 bits per heavy atom. The quantitative estimate of drug-likeness (QED) is 0.880. The smallest absolute Gasteiger partial charge is 0.256 e. The van der Waals surface area contributed by atoms with E-state index >= 15 is 0 Å². The first kappa shape index (κ1) is 15.1. The van der Waals surface area contributed by atoms with Gasteiger partial charge in [0.1, 0.15) is 6.04 Å². The molecule has 1 aliphatic heterocycles. The summed E-state index contributed by atoms with van der Waals surface area (Å²) in [4.78, 5) is 25.9. The summed E-state index contributed by atoms with van der Waals surface area (Å²) < 4.78 is 0. The minimum atomic E-state index is -0.673. The van der Waals surface area contributed by atoms with Crippen molar-refractivity contribution in [2.45, 2.75) is 12.5 Å². The van der Waals surface area contributed by atoms with E-state index in [0.29, 0.717) is 22.0 Å². The minimum absolute atomic E-state index is 0.0425. The summed E-state index contributed by atoms with van der Waals surface area (Å²) >= 11 is 6.08. The Kier molecular flexibility index (Phi) is 4.00. The van der Waals surface area contributed by atoms with Gasteiger partial charge in [0.05, 0.1) is 28.8 Å². The van der Waals surface area contributed by atoms with Gasteiger partial charge in [-0.25, -0.2) is 4.90 Å². The van der Waals surface area contributed by atoms with E-state index in [0.717, 1.165) is 4.90 Å². The molecule has 0 bridgehead atoms. The summed E-state index contributed by atoms with van der Waals surface area (Å²) in [5.74, 6) is -0.664. The topological polar surface area (TPSA) is 73.2 Å². The van der Waals surface area contributed by atoms with Crippen molar-refractivity contribution < 1.29 is 9.59 Å². The van der Waals surface area contributed by atoms with E-state index in [2.05, 4.69) is 5.32 Å². The average molecular weight is 326 g/mol. The van der Waals surface area contributed by atoms with Gasteiger partial charge in [0.15, 0.2) is 0 Å². The number of amides is 2. The molecule has 6 heteroatoms. The normalized spacial score (nSPS) is 17.2. The van der Waals surface area contributed by atoms with Gasteiger partial charge in [-0.3, -0.25) is 9.59 Å². The molecule has 0 radical (unpaired) electrons. The highest BCUT2D eigenvalue weighted by Crippen LogP contribution is 2.30. The Bertz CT molecular complexity index is 829. The summed E-state index contributed by atoms with van der Waals surface area (Å²) in [5, 5.41) is 12.3. The Hall–Kier alpha value is -2.84. The Balaban J connectivity index is 1.84. The number of rotatable bonds is 3. The molecule has 2 aromatic rings. The third-order valence-corrected chi connectivity index (χ3v) is 3.89. The zero-order valence-electron chi connectivity index (χ0n) is 12.0. The average Bonchev–Trinajstić information content (AvgIpc) is 2.82. The van der Waals surface area contributed by atoms with Crippen molar-refractivity contribution in [1.82, 2.24) is 0 Å². The molecule has 5 nitrogen and oxygen atoms in total. The third-order valence-electron chi connectivity index (χ3n) is 3.57. The number of hydrogen-bond donors (Lipinski definition) is 1. The molecule has 1 saturated heterocycles. The summed E-state index contributed by atoms with van der Waals surface area (Å²) in [7, 11) is 0. The molecule has 1 atom stereocenters. The lowest BCUT2D eigenvalue weighted by Gasteiger charge is -2.17. The van der Waals surface area contributed by atoms with E-state index in [9.17, 15) is 9.59 Å². The second-order valence-corrected chi connectivity index (χ2v) is 5.52. The van der Waals surface area contributed by atoms with Gasteiger partial charge in [-0.2, -0.15) is 5.26 Å². The van der Waals surface area contributed by atoms with Crippen LogP contribution in [0.2, 0.25) is 5.02 Å². The lowest BCUT2D eigenvalue weighted by molar-refractivity contribution is -0.121. The van der Waals surface area contributed by atoms with Crippen LogP contribution in [0.5, 0.6) is 0 Å². The number of hydrogen-bond acceptors (Lipinski definition) is 4. The maximum atomic E-state index is 12.5. The number of nitriles is 1. The number of carbonyl (C=O) groups is 2. The fraction of sp³-hybridized carbons (Fsp3) is 0.118. The number of imide groups is 1. The predicted molar refractivity (Wildman–Crippen MR) is 87.1 cm³/mol. The molecule has 1 heterocycles. The Labute approximate surface area is 138 Å². The van der Waals surface area contributed by atoms with Crippen molar-refractivity contribution in [2.24, 2.45) is 0 Å². The van der Waals surface area contributed by atoms with Crippen LogP contribution in [0.4, 0.5) is 11.4 Å². The van der Waals surface area contributed by atoms with E-state index in [1.807, 2.05) is 6.07 Å². The van der Waals surface area contributed by atoms with E-state index in [1.54, 1.807) is 48.5 Å². The van der Waals surface area contributed by atoms with Gasteiger partial charge < -0.3 is 5.32 Å². The van der Waals surface area contributed by atoms with Gasteiger partial charge in [0, 0.05) is 5.69 Å². The molecule has 1 aliphatic rings. The van der Waals surface area contributed by atoms with Crippen LogP contribution in [-0.2, 0) is 9.59 Å². The highest BCUT2D eigenvalue weighted by atomic mass is 35.5. The predicted octanol–water partition coefficient (Wildman–Crippen LogP) is 2.96. The lowest BCUT2D eigenvalue weighted by Crippen LogP contribution is -2.35. The zero-order valence-corrected chi connectivity index (χ0v) is 12.7. The number of benzene rings is 2. The maximum Gasteiger partial charge on any atom is 0.256 e. The molecule has 3 rings (SSSR count). The molecule has 1 N–H and O–H groups in total. The molecule has 0 saturated carbocycles. The van der Waals surface area contributed by atoms with Crippen molar-refractivity contribution in [1.29, 1.82) is 5.26 Å². The number of nitrogens with one attached hydrogen (secondary N) is 1. The molecular formula is C17H12ClN3O2. The molecule has 2 aromatic carbocycles. The minimum Gasteiger partial charge on any atom is -0.373 e. The first-order chi connectivity index (χ1) is 11.1. The van der Waals surface area contributed by atoms with Gasteiger partial charge in [0.25, 0.3) is 5.91 Å². The molecule has 0 unspecified atom stereocenters. The van der Waals surface area contributed by atoms with Gasteiger partial charge >= 0.3 is 0 Å². The first-order valence-electron chi connectivity index (χ1n) is 6.98. The van der Waals surface area contributed by atoms with Crippen molar-refractivity contribution in [3.05, 3.63) is 59.1 Å². The SMILES string of the molecule is N#Cc1cccc(N[C@H]2CC(=O)N(c3ccccc3Cl)C2=O)c1. The first-order valence-corrected chi connectivity index (χ1v) is 7.36. The number of halogens is 1. The van der Waals surface area contributed by atoms with E-state index in [4.69, 9.17) is 16.9 Å². The van der Waals surface area contributed by atoms with Crippen LogP contribution >= 0.6 is 11.6 Å². The zero-order chi connectivity index (χ0) is 16.4.